The maximum atomic E-state index is 13.1. The lowest BCUT2D eigenvalue weighted by Gasteiger charge is -2.43. The van der Waals surface area contributed by atoms with Crippen molar-refractivity contribution in [2.75, 3.05) is 84.4 Å². The van der Waals surface area contributed by atoms with Gasteiger partial charge >= 0.3 is 6.03 Å². The molecule has 2 N–H and O–H groups in total. The molecule has 0 aliphatic carbocycles. The van der Waals surface area contributed by atoms with Gasteiger partial charge in [0, 0.05) is 81.8 Å². The van der Waals surface area contributed by atoms with Crippen molar-refractivity contribution in [2.24, 2.45) is 5.92 Å². The van der Waals surface area contributed by atoms with Gasteiger partial charge in [0.1, 0.15) is 0 Å². The number of aromatic amines is 1. The summed E-state index contributed by atoms with van der Waals surface area (Å²) in [7, 11) is 2.26. The van der Waals surface area contributed by atoms with Crippen LogP contribution in [0.4, 0.5) is 10.5 Å². The SMILES string of the molecule is Cc1cc(CC(CCN2CCC(N3CCc4ccccc4NC3=O)CC2)CN2CCN(C3CCN(C)CC3)CC2)cc2cc[nH]c12. The summed E-state index contributed by atoms with van der Waals surface area (Å²) in [6.07, 6.45) is 10.1. The van der Waals surface area contributed by atoms with Gasteiger partial charge in [-0.3, -0.25) is 4.90 Å². The van der Waals surface area contributed by atoms with E-state index in [0.29, 0.717) is 12.0 Å². The fourth-order valence-corrected chi connectivity index (χ4v) is 8.74. The van der Waals surface area contributed by atoms with E-state index in [1.807, 2.05) is 12.1 Å². The van der Waals surface area contributed by atoms with Crippen LogP contribution >= 0.6 is 0 Å². The van der Waals surface area contributed by atoms with Gasteiger partial charge in [0.25, 0.3) is 0 Å². The van der Waals surface area contributed by atoms with Crippen LogP contribution in [0.15, 0.2) is 48.7 Å². The number of piperazine rings is 1. The molecule has 46 heavy (non-hydrogen) atoms. The van der Waals surface area contributed by atoms with Crippen molar-refractivity contribution in [1.29, 1.82) is 0 Å². The molecular weight excluding hydrogens is 570 g/mol. The van der Waals surface area contributed by atoms with E-state index in [-0.39, 0.29) is 6.03 Å². The fourth-order valence-electron chi connectivity index (χ4n) is 8.74. The first-order chi connectivity index (χ1) is 22.5. The summed E-state index contributed by atoms with van der Waals surface area (Å²) >= 11 is 0. The quantitative estimate of drug-likeness (QED) is 0.339. The molecule has 8 nitrogen and oxygen atoms in total. The molecule has 0 spiro atoms. The van der Waals surface area contributed by atoms with Crippen LogP contribution in [0, 0.1) is 12.8 Å². The second kappa shape index (κ2) is 14.5. The number of aromatic nitrogens is 1. The Morgan fingerprint density at radius 2 is 1.61 bits per heavy atom. The summed E-state index contributed by atoms with van der Waals surface area (Å²) in [4.78, 5) is 29.4. The van der Waals surface area contributed by atoms with Crippen molar-refractivity contribution in [3.8, 4) is 0 Å². The Balaban J connectivity index is 0.942. The van der Waals surface area contributed by atoms with Crippen molar-refractivity contribution in [1.82, 2.24) is 29.5 Å². The second-order valence-corrected chi connectivity index (χ2v) is 14.7. The molecule has 4 aliphatic heterocycles. The molecule has 248 valence electrons. The lowest BCUT2D eigenvalue weighted by atomic mass is 9.92. The molecule has 1 aromatic heterocycles. The number of rotatable bonds is 9. The highest BCUT2D eigenvalue weighted by molar-refractivity contribution is 5.91. The molecule has 0 bridgehead atoms. The van der Waals surface area contributed by atoms with Crippen LogP contribution in [0.3, 0.4) is 0 Å². The zero-order valence-corrected chi connectivity index (χ0v) is 28.2. The smallest absolute Gasteiger partial charge is 0.322 e. The van der Waals surface area contributed by atoms with Gasteiger partial charge in [0.15, 0.2) is 0 Å². The van der Waals surface area contributed by atoms with Crippen LogP contribution in [0.2, 0.25) is 0 Å². The predicted molar refractivity (Wildman–Crippen MR) is 189 cm³/mol. The largest absolute Gasteiger partial charge is 0.361 e. The minimum absolute atomic E-state index is 0.0778. The monoisotopic (exact) mass is 625 g/mol. The minimum Gasteiger partial charge on any atom is -0.361 e. The molecule has 1 unspecified atom stereocenters. The number of likely N-dealkylation sites (tertiary alicyclic amines) is 2. The molecule has 3 fully saturated rings. The standard InChI is InChI=1S/C38H55N7O/c1-29-25-31(27-33-7-14-39-37(29)33)26-30(28-43-21-23-44(24-22-43)34-10-15-41(2)16-11-34)8-17-42-18-12-35(13-19-42)45-20-9-32-5-3-4-6-36(32)40-38(45)46/h3-7,14,25,27,30,34-35,39H,8-13,15-24,26,28H2,1-2H3,(H,40,46). The Morgan fingerprint density at radius 1 is 0.848 bits per heavy atom. The number of benzene rings is 2. The van der Waals surface area contributed by atoms with E-state index in [1.165, 1.54) is 92.7 Å². The van der Waals surface area contributed by atoms with Gasteiger partial charge in [0.05, 0.1) is 0 Å². The molecule has 2 amide bonds. The molecule has 3 aromatic rings. The van der Waals surface area contributed by atoms with Crippen LogP contribution in [-0.4, -0.2) is 127 Å². The summed E-state index contributed by atoms with van der Waals surface area (Å²) in [5, 5.41) is 4.52. The zero-order valence-electron chi connectivity index (χ0n) is 28.2. The number of nitrogens with one attached hydrogen (secondary N) is 2. The Morgan fingerprint density at radius 3 is 2.41 bits per heavy atom. The number of piperidine rings is 2. The van der Waals surface area contributed by atoms with Crippen molar-refractivity contribution < 1.29 is 4.79 Å². The summed E-state index contributed by atoms with van der Waals surface area (Å²) in [5.41, 5.74) is 6.33. The number of urea groups is 1. The van der Waals surface area contributed by atoms with Gasteiger partial charge in [0.2, 0.25) is 0 Å². The Labute approximate surface area is 276 Å². The Hall–Kier alpha value is -2.91. The van der Waals surface area contributed by atoms with Gasteiger partial charge in [-0.2, -0.15) is 0 Å². The fraction of sp³-hybridized carbons (Fsp3) is 0.605. The highest BCUT2D eigenvalue weighted by Gasteiger charge is 2.31. The molecule has 1 atom stereocenters. The van der Waals surface area contributed by atoms with Crippen LogP contribution in [0.5, 0.6) is 0 Å². The number of anilines is 1. The molecule has 8 heteroatoms. The van der Waals surface area contributed by atoms with Crippen LogP contribution < -0.4 is 5.32 Å². The number of hydrogen-bond acceptors (Lipinski definition) is 5. The van der Waals surface area contributed by atoms with Crippen molar-refractivity contribution in [2.45, 2.75) is 64.0 Å². The third kappa shape index (κ3) is 7.46. The molecule has 7 rings (SSSR count). The number of hydrogen-bond donors (Lipinski definition) is 2. The third-order valence-electron chi connectivity index (χ3n) is 11.6. The van der Waals surface area contributed by atoms with E-state index in [0.717, 1.165) is 63.6 Å². The summed E-state index contributed by atoms with van der Waals surface area (Å²) in [5.74, 6) is 0.637. The molecule has 2 aromatic carbocycles. The van der Waals surface area contributed by atoms with E-state index in [2.05, 4.69) is 85.3 Å². The Bertz CT molecular complexity index is 1450. The molecule has 3 saturated heterocycles. The highest BCUT2D eigenvalue weighted by Crippen LogP contribution is 2.27. The molecular formula is C38H55N7O. The minimum atomic E-state index is 0.0778. The first-order valence-electron chi connectivity index (χ1n) is 18.1. The second-order valence-electron chi connectivity index (χ2n) is 14.7. The van der Waals surface area contributed by atoms with E-state index < -0.39 is 0 Å². The van der Waals surface area contributed by atoms with Crippen LogP contribution in [0.1, 0.15) is 48.8 Å². The number of para-hydroxylation sites is 1. The summed E-state index contributed by atoms with van der Waals surface area (Å²) in [6, 6.07) is 16.5. The summed E-state index contributed by atoms with van der Waals surface area (Å²) in [6.45, 7) is 14.9. The first-order valence-corrected chi connectivity index (χ1v) is 18.1. The maximum Gasteiger partial charge on any atom is 0.322 e. The normalized spacial score (nSPS) is 22.6. The number of carbonyl (C=O) groups is 1. The van der Waals surface area contributed by atoms with E-state index in [9.17, 15) is 4.79 Å². The first kappa shape index (κ1) is 31.7. The molecule has 4 aliphatic rings. The van der Waals surface area contributed by atoms with E-state index in [1.54, 1.807) is 0 Å². The van der Waals surface area contributed by atoms with Crippen molar-refractivity contribution in [3.63, 3.8) is 0 Å². The van der Waals surface area contributed by atoms with Crippen molar-refractivity contribution in [3.05, 3.63) is 65.4 Å². The van der Waals surface area contributed by atoms with Crippen LogP contribution in [-0.2, 0) is 12.8 Å². The average Bonchev–Trinajstić information content (AvgIpc) is 3.48. The van der Waals surface area contributed by atoms with Gasteiger partial charge in [-0.05, 0) is 125 Å². The van der Waals surface area contributed by atoms with Crippen LogP contribution in [0.25, 0.3) is 10.9 Å². The maximum absolute atomic E-state index is 13.1. The lowest BCUT2D eigenvalue weighted by molar-refractivity contribution is 0.0561. The van der Waals surface area contributed by atoms with Gasteiger partial charge < -0.3 is 29.9 Å². The van der Waals surface area contributed by atoms with Gasteiger partial charge in [-0.1, -0.05) is 24.3 Å². The zero-order chi connectivity index (χ0) is 31.5. The highest BCUT2D eigenvalue weighted by atomic mass is 16.2. The summed E-state index contributed by atoms with van der Waals surface area (Å²) < 4.78 is 0. The Kier molecular flexibility index (Phi) is 9.96. The van der Waals surface area contributed by atoms with Gasteiger partial charge in [-0.15, -0.1) is 0 Å². The van der Waals surface area contributed by atoms with Gasteiger partial charge in [-0.25, -0.2) is 4.79 Å². The predicted octanol–water partition coefficient (Wildman–Crippen LogP) is 5.29. The lowest BCUT2D eigenvalue weighted by Crippen LogP contribution is -2.53. The number of amides is 2. The molecule has 0 saturated carbocycles. The number of fused-ring (bicyclic) bond motifs is 2. The van der Waals surface area contributed by atoms with E-state index in [4.69, 9.17) is 0 Å². The topological polar surface area (TPSA) is 61.1 Å². The van der Waals surface area contributed by atoms with Crippen molar-refractivity contribution >= 4 is 22.6 Å². The molecule has 0 radical (unpaired) electrons. The molecule has 5 heterocycles. The average molecular weight is 626 g/mol. The van der Waals surface area contributed by atoms with E-state index >= 15 is 0 Å². The number of nitrogens with zero attached hydrogens (tertiary/aromatic N) is 5. The number of H-pyrrole nitrogens is 1. The number of carbonyl (C=O) groups excluding carboxylic acids is 1. The third-order valence-corrected chi connectivity index (χ3v) is 11.6. The number of aryl methyl sites for hydroxylation is 1.